The van der Waals surface area contributed by atoms with Crippen LogP contribution in [0.1, 0.15) is 27.2 Å². The predicted molar refractivity (Wildman–Crippen MR) is 59.7 cm³/mol. The van der Waals surface area contributed by atoms with Gasteiger partial charge in [-0.1, -0.05) is 6.92 Å². The molecule has 1 aliphatic rings. The Bertz CT molecular complexity index is 227. The van der Waals surface area contributed by atoms with E-state index in [1.54, 1.807) is 7.11 Å². The molecule has 0 aliphatic carbocycles. The van der Waals surface area contributed by atoms with Crippen LogP contribution in [-0.4, -0.2) is 49.2 Å². The zero-order valence-corrected chi connectivity index (χ0v) is 10.2. The van der Waals surface area contributed by atoms with Gasteiger partial charge in [-0.05, 0) is 20.3 Å². The molecule has 0 aromatic rings. The molecule has 1 fully saturated rings. The molecule has 1 amide bonds. The third kappa shape index (κ3) is 2.69. The summed E-state index contributed by atoms with van der Waals surface area (Å²) in [5.74, 6) is 0.112. The minimum Gasteiger partial charge on any atom is -0.369 e. The summed E-state index contributed by atoms with van der Waals surface area (Å²) in [5.41, 5.74) is -0.656. The highest BCUT2D eigenvalue weighted by Crippen LogP contribution is 2.18. The molecule has 88 valence electrons. The maximum atomic E-state index is 12.2. The van der Waals surface area contributed by atoms with E-state index in [0.29, 0.717) is 12.5 Å². The Morgan fingerprint density at radius 1 is 1.67 bits per heavy atom. The number of carbonyl (C=O) groups excluding carboxylic acids is 1. The van der Waals surface area contributed by atoms with E-state index in [-0.39, 0.29) is 5.91 Å². The molecule has 0 aromatic carbocycles. The minimum atomic E-state index is -0.656. The maximum Gasteiger partial charge on any atom is 0.254 e. The first-order valence-corrected chi connectivity index (χ1v) is 5.61. The molecule has 15 heavy (non-hydrogen) atoms. The van der Waals surface area contributed by atoms with Crippen LogP contribution in [0.3, 0.4) is 0 Å². The quantitative estimate of drug-likeness (QED) is 0.749. The van der Waals surface area contributed by atoms with Crippen LogP contribution in [0.2, 0.25) is 0 Å². The summed E-state index contributed by atoms with van der Waals surface area (Å²) in [6, 6.07) is 0.376. The highest BCUT2D eigenvalue weighted by atomic mass is 16.5. The largest absolute Gasteiger partial charge is 0.369 e. The average molecular weight is 214 g/mol. The average Bonchev–Trinajstić information content (AvgIpc) is 2.27. The third-order valence-corrected chi connectivity index (χ3v) is 3.23. The van der Waals surface area contributed by atoms with E-state index in [4.69, 9.17) is 4.74 Å². The molecule has 1 rings (SSSR count). The Morgan fingerprint density at radius 2 is 2.33 bits per heavy atom. The molecule has 1 saturated heterocycles. The molecule has 2 unspecified atom stereocenters. The van der Waals surface area contributed by atoms with E-state index >= 15 is 0 Å². The number of nitrogens with one attached hydrogen (secondary N) is 1. The Morgan fingerprint density at radius 3 is 2.80 bits per heavy atom. The lowest BCUT2D eigenvalue weighted by atomic mass is 10.0. The number of nitrogens with zero attached hydrogens (tertiary/aromatic N) is 1. The summed E-state index contributed by atoms with van der Waals surface area (Å²) in [7, 11) is 1.60. The van der Waals surface area contributed by atoms with Crippen molar-refractivity contribution in [3.05, 3.63) is 0 Å². The van der Waals surface area contributed by atoms with Gasteiger partial charge >= 0.3 is 0 Å². The van der Waals surface area contributed by atoms with E-state index in [1.165, 1.54) is 0 Å². The maximum absolute atomic E-state index is 12.2. The van der Waals surface area contributed by atoms with Crippen molar-refractivity contribution < 1.29 is 9.53 Å². The SMILES string of the molecule is CCC(C)(OC)C(=O)N1CCNC(C)C1. The van der Waals surface area contributed by atoms with Gasteiger partial charge in [0.2, 0.25) is 0 Å². The zero-order valence-electron chi connectivity index (χ0n) is 10.2. The van der Waals surface area contributed by atoms with Gasteiger partial charge in [-0.25, -0.2) is 0 Å². The number of amides is 1. The van der Waals surface area contributed by atoms with Crippen molar-refractivity contribution in [1.82, 2.24) is 10.2 Å². The van der Waals surface area contributed by atoms with Crippen molar-refractivity contribution >= 4 is 5.91 Å². The fourth-order valence-electron chi connectivity index (χ4n) is 1.83. The summed E-state index contributed by atoms with van der Waals surface area (Å²) in [6.07, 6.45) is 0.709. The number of hydrogen-bond donors (Lipinski definition) is 1. The molecule has 0 bridgehead atoms. The van der Waals surface area contributed by atoms with Crippen molar-refractivity contribution in [1.29, 1.82) is 0 Å². The number of rotatable bonds is 3. The van der Waals surface area contributed by atoms with Crippen LogP contribution in [0.5, 0.6) is 0 Å². The fraction of sp³-hybridized carbons (Fsp3) is 0.909. The number of piperazine rings is 1. The van der Waals surface area contributed by atoms with Gasteiger partial charge in [0.05, 0.1) is 0 Å². The van der Waals surface area contributed by atoms with E-state index < -0.39 is 5.60 Å². The van der Waals surface area contributed by atoms with Gasteiger partial charge in [0.25, 0.3) is 5.91 Å². The molecular weight excluding hydrogens is 192 g/mol. The summed E-state index contributed by atoms with van der Waals surface area (Å²) in [5, 5.41) is 3.32. The first-order chi connectivity index (χ1) is 7.03. The molecule has 1 heterocycles. The molecule has 0 radical (unpaired) electrons. The summed E-state index contributed by atoms with van der Waals surface area (Å²) in [6.45, 7) is 8.36. The highest BCUT2D eigenvalue weighted by molar-refractivity contribution is 5.85. The summed E-state index contributed by atoms with van der Waals surface area (Å²) < 4.78 is 5.33. The number of carbonyl (C=O) groups is 1. The van der Waals surface area contributed by atoms with Crippen LogP contribution in [0.25, 0.3) is 0 Å². The van der Waals surface area contributed by atoms with Crippen LogP contribution in [0.4, 0.5) is 0 Å². The number of hydrogen-bond acceptors (Lipinski definition) is 3. The van der Waals surface area contributed by atoms with Crippen molar-refractivity contribution in [2.24, 2.45) is 0 Å². The van der Waals surface area contributed by atoms with Gasteiger partial charge in [0.1, 0.15) is 5.60 Å². The smallest absolute Gasteiger partial charge is 0.254 e. The topological polar surface area (TPSA) is 41.6 Å². The standard InChI is InChI=1S/C11H22N2O2/c1-5-11(3,15-4)10(14)13-7-6-12-9(2)8-13/h9,12H,5-8H2,1-4H3. The summed E-state index contributed by atoms with van der Waals surface area (Å²) >= 11 is 0. The second-order valence-electron chi connectivity index (χ2n) is 4.39. The van der Waals surface area contributed by atoms with Crippen molar-refractivity contribution in [3.8, 4) is 0 Å². The normalized spacial score (nSPS) is 26.1. The zero-order chi connectivity index (χ0) is 11.5. The molecular formula is C11H22N2O2. The Labute approximate surface area is 92.0 Å². The van der Waals surface area contributed by atoms with Gasteiger partial charge < -0.3 is 15.0 Å². The van der Waals surface area contributed by atoms with Crippen LogP contribution in [0, 0.1) is 0 Å². The summed E-state index contributed by atoms with van der Waals surface area (Å²) in [4.78, 5) is 14.1. The van der Waals surface area contributed by atoms with E-state index in [9.17, 15) is 4.79 Å². The Kier molecular flexibility index (Phi) is 4.11. The molecule has 0 saturated carbocycles. The minimum absolute atomic E-state index is 0.112. The number of ether oxygens (including phenoxy) is 1. The monoisotopic (exact) mass is 214 g/mol. The molecule has 4 nitrogen and oxygen atoms in total. The lowest BCUT2D eigenvalue weighted by Crippen LogP contribution is -2.57. The second kappa shape index (κ2) is 4.94. The second-order valence-corrected chi connectivity index (χ2v) is 4.39. The van der Waals surface area contributed by atoms with Crippen LogP contribution >= 0.6 is 0 Å². The van der Waals surface area contributed by atoms with E-state index in [2.05, 4.69) is 12.2 Å². The highest BCUT2D eigenvalue weighted by Gasteiger charge is 2.36. The van der Waals surface area contributed by atoms with Crippen LogP contribution in [-0.2, 0) is 9.53 Å². The molecule has 1 aliphatic heterocycles. The first-order valence-electron chi connectivity index (χ1n) is 5.61. The van der Waals surface area contributed by atoms with Gasteiger partial charge in [-0.2, -0.15) is 0 Å². The van der Waals surface area contributed by atoms with Gasteiger partial charge in [0, 0.05) is 32.8 Å². The molecule has 0 spiro atoms. The van der Waals surface area contributed by atoms with E-state index in [1.807, 2.05) is 18.7 Å². The van der Waals surface area contributed by atoms with Crippen molar-refractivity contribution in [3.63, 3.8) is 0 Å². The Balaban J connectivity index is 2.66. The lowest BCUT2D eigenvalue weighted by molar-refractivity contribution is -0.154. The van der Waals surface area contributed by atoms with E-state index in [0.717, 1.165) is 19.6 Å². The lowest BCUT2D eigenvalue weighted by Gasteiger charge is -2.37. The molecule has 0 aromatic heterocycles. The van der Waals surface area contributed by atoms with Crippen molar-refractivity contribution in [2.45, 2.75) is 38.8 Å². The number of methoxy groups -OCH3 is 1. The van der Waals surface area contributed by atoms with Gasteiger partial charge in [0.15, 0.2) is 0 Å². The molecule has 1 N–H and O–H groups in total. The van der Waals surface area contributed by atoms with Gasteiger partial charge in [-0.3, -0.25) is 4.79 Å². The first kappa shape index (κ1) is 12.5. The fourth-order valence-corrected chi connectivity index (χ4v) is 1.83. The molecule has 2 atom stereocenters. The van der Waals surface area contributed by atoms with Crippen molar-refractivity contribution in [2.75, 3.05) is 26.7 Å². The predicted octanol–water partition coefficient (Wildman–Crippen LogP) is 0.622. The van der Waals surface area contributed by atoms with Gasteiger partial charge in [-0.15, -0.1) is 0 Å². The third-order valence-electron chi connectivity index (χ3n) is 3.23. The molecule has 4 heteroatoms. The Hall–Kier alpha value is -0.610. The van der Waals surface area contributed by atoms with Crippen LogP contribution in [0.15, 0.2) is 0 Å². The van der Waals surface area contributed by atoms with Crippen LogP contribution < -0.4 is 5.32 Å².